The Balaban J connectivity index is 2.43. The number of rotatable bonds is 3. The zero-order valence-corrected chi connectivity index (χ0v) is 11.3. The highest BCUT2D eigenvalue weighted by atomic mass is 35.5. The Morgan fingerprint density at radius 3 is 2.10 bits per heavy atom. The predicted molar refractivity (Wildman–Crippen MR) is 68.6 cm³/mol. The van der Waals surface area contributed by atoms with Crippen molar-refractivity contribution in [2.45, 2.75) is 4.90 Å². The smallest absolute Gasteiger partial charge is 0.262 e. The van der Waals surface area contributed by atoms with Crippen LogP contribution in [0.15, 0.2) is 41.3 Å². The van der Waals surface area contributed by atoms with Crippen molar-refractivity contribution in [3.8, 4) is 0 Å². The molecule has 0 saturated heterocycles. The molecule has 3 nitrogen and oxygen atoms in total. The van der Waals surface area contributed by atoms with E-state index in [4.69, 9.17) is 11.6 Å². The molecular weight excluding hydrogens is 315 g/mol. The van der Waals surface area contributed by atoms with Crippen molar-refractivity contribution in [2.75, 3.05) is 4.72 Å². The molecule has 0 aliphatic carbocycles. The van der Waals surface area contributed by atoms with Crippen LogP contribution in [-0.2, 0) is 10.0 Å². The van der Waals surface area contributed by atoms with Gasteiger partial charge in [-0.25, -0.2) is 21.6 Å². The van der Waals surface area contributed by atoms with Crippen LogP contribution >= 0.6 is 11.6 Å². The first-order valence-corrected chi connectivity index (χ1v) is 7.09. The molecule has 0 aliphatic heterocycles. The molecule has 20 heavy (non-hydrogen) atoms. The van der Waals surface area contributed by atoms with Gasteiger partial charge in [-0.2, -0.15) is 0 Å². The molecule has 0 aliphatic rings. The van der Waals surface area contributed by atoms with E-state index in [0.717, 1.165) is 36.4 Å². The molecule has 0 amide bonds. The van der Waals surface area contributed by atoms with E-state index >= 15 is 0 Å². The van der Waals surface area contributed by atoms with Crippen molar-refractivity contribution in [1.82, 2.24) is 0 Å². The summed E-state index contributed by atoms with van der Waals surface area (Å²) in [6.45, 7) is 0. The molecule has 106 valence electrons. The maximum absolute atomic E-state index is 13.4. The number of anilines is 1. The second-order valence-corrected chi connectivity index (χ2v) is 5.87. The SMILES string of the molecule is O=S(=O)(Nc1c(F)cccc1F)c1ccc(F)c(Cl)c1. The Morgan fingerprint density at radius 1 is 0.950 bits per heavy atom. The summed E-state index contributed by atoms with van der Waals surface area (Å²) >= 11 is 5.47. The first-order valence-electron chi connectivity index (χ1n) is 5.23. The summed E-state index contributed by atoms with van der Waals surface area (Å²) in [7, 11) is -4.28. The maximum Gasteiger partial charge on any atom is 0.262 e. The Labute approximate surface area is 118 Å². The van der Waals surface area contributed by atoms with Crippen molar-refractivity contribution in [3.63, 3.8) is 0 Å². The van der Waals surface area contributed by atoms with E-state index in [1.807, 2.05) is 0 Å². The van der Waals surface area contributed by atoms with Crippen LogP contribution in [0.25, 0.3) is 0 Å². The first-order chi connectivity index (χ1) is 9.31. The van der Waals surface area contributed by atoms with Crippen LogP contribution in [-0.4, -0.2) is 8.42 Å². The lowest BCUT2D eigenvalue weighted by Gasteiger charge is -2.10. The van der Waals surface area contributed by atoms with E-state index in [0.29, 0.717) is 0 Å². The number of para-hydroxylation sites is 1. The number of sulfonamides is 1. The molecule has 0 bridgehead atoms. The van der Waals surface area contributed by atoms with Crippen molar-refractivity contribution in [2.24, 2.45) is 0 Å². The molecular formula is C12H7ClF3NO2S. The van der Waals surface area contributed by atoms with Gasteiger partial charge in [-0.15, -0.1) is 0 Å². The number of halogens is 4. The van der Waals surface area contributed by atoms with Crippen molar-refractivity contribution < 1.29 is 21.6 Å². The molecule has 2 aromatic carbocycles. The minimum Gasteiger partial charge on any atom is -0.274 e. The second kappa shape index (κ2) is 5.34. The fourth-order valence-corrected chi connectivity index (χ4v) is 2.78. The van der Waals surface area contributed by atoms with E-state index in [1.54, 1.807) is 4.72 Å². The molecule has 0 atom stereocenters. The van der Waals surface area contributed by atoms with E-state index in [9.17, 15) is 21.6 Å². The van der Waals surface area contributed by atoms with Crippen molar-refractivity contribution in [3.05, 3.63) is 58.9 Å². The Hall–Kier alpha value is -1.73. The largest absolute Gasteiger partial charge is 0.274 e. The van der Waals surface area contributed by atoms with Gasteiger partial charge in [0.1, 0.15) is 23.1 Å². The third-order valence-corrected chi connectivity index (χ3v) is 4.04. The van der Waals surface area contributed by atoms with Gasteiger partial charge in [0, 0.05) is 0 Å². The molecule has 0 saturated carbocycles. The molecule has 0 heterocycles. The standard InChI is InChI=1S/C12H7ClF3NO2S/c13-8-6-7(4-5-9(8)14)20(18,19)17-12-10(15)2-1-3-11(12)16/h1-6,17H. The van der Waals surface area contributed by atoms with Gasteiger partial charge in [0.25, 0.3) is 10.0 Å². The monoisotopic (exact) mass is 321 g/mol. The van der Waals surface area contributed by atoms with E-state index in [-0.39, 0.29) is 0 Å². The second-order valence-electron chi connectivity index (χ2n) is 3.78. The first kappa shape index (κ1) is 14.7. The van der Waals surface area contributed by atoms with E-state index in [2.05, 4.69) is 0 Å². The summed E-state index contributed by atoms with van der Waals surface area (Å²) < 4.78 is 65.4. The summed E-state index contributed by atoms with van der Waals surface area (Å²) in [5.41, 5.74) is -0.812. The van der Waals surface area contributed by atoms with Gasteiger partial charge < -0.3 is 0 Å². The van der Waals surface area contributed by atoms with Crippen LogP contribution in [0.5, 0.6) is 0 Å². The average molecular weight is 322 g/mol. The number of benzene rings is 2. The molecule has 0 aromatic heterocycles. The van der Waals surface area contributed by atoms with Gasteiger partial charge >= 0.3 is 0 Å². The van der Waals surface area contributed by atoms with Crippen LogP contribution in [0.4, 0.5) is 18.9 Å². The Kier molecular flexibility index (Phi) is 3.92. The minimum atomic E-state index is -4.28. The normalized spacial score (nSPS) is 11.4. The highest BCUT2D eigenvalue weighted by Gasteiger charge is 2.20. The predicted octanol–water partition coefficient (Wildman–Crippen LogP) is 3.56. The van der Waals surface area contributed by atoms with Crippen molar-refractivity contribution in [1.29, 1.82) is 0 Å². The molecule has 8 heteroatoms. The van der Waals surface area contributed by atoms with Crippen LogP contribution in [0.2, 0.25) is 5.02 Å². The summed E-state index contributed by atoms with van der Waals surface area (Å²) in [5.74, 6) is -2.94. The topological polar surface area (TPSA) is 46.2 Å². The molecule has 1 N–H and O–H groups in total. The Morgan fingerprint density at radius 2 is 1.55 bits per heavy atom. The molecule has 0 spiro atoms. The minimum absolute atomic E-state index is 0.411. The van der Waals surface area contributed by atoms with Crippen LogP contribution in [0.1, 0.15) is 0 Å². The van der Waals surface area contributed by atoms with Gasteiger partial charge in [-0.1, -0.05) is 17.7 Å². The quantitative estimate of drug-likeness (QED) is 0.939. The van der Waals surface area contributed by atoms with Gasteiger partial charge in [-0.3, -0.25) is 4.72 Å². The van der Waals surface area contributed by atoms with Gasteiger partial charge in [-0.05, 0) is 30.3 Å². The van der Waals surface area contributed by atoms with E-state index < -0.39 is 43.1 Å². The lowest BCUT2D eigenvalue weighted by molar-refractivity contribution is 0.582. The molecule has 2 rings (SSSR count). The zero-order chi connectivity index (χ0) is 14.9. The lowest BCUT2D eigenvalue weighted by atomic mass is 10.3. The van der Waals surface area contributed by atoms with Crippen LogP contribution < -0.4 is 4.72 Å². The van der Waals surface area contributed by atoms with E-state index in [1.165, 1.54) is 0 Å². The van der Waals surface area contributed by atoms with Gasteiger partial charge in [0.2, 0.25) is 0 Å². The Bertz CT molecular complexity index is 745. The van der Waals surface area contributed by atoms with Crippen LogP contribution in [0, 0.1) is 17.5 Å². The zero-order valence-electron chi connectivity index (χ0n) is 9.70. The highest BCUT2D eigenvalue weighted by Crippen LogP contribution is 2.24. The fraction of sp³-hybridized carbons (Fsp3) is 0. The summed E-state index contributed by atoms with van der Waals surface area (Å²) in [4.78, 5) is -0.411. The summed E-state index contributed by atoms with van der Waals surface area (Å²) in [6.07, 6.45) is 0. The van der Waals surface area contributed by atoms with Gasteiger partial charge in [0.15, 0.2) is 0 Å². The van der Waals surface area contributed by atoms with Gasteiger partial charge in [0.05, 0.1) is 9.92 Å². The third kappa shape index (κ3) is 2.88. The maximum atomic E-state index is 13.4. The van der Waals surface area contributed by atoms with Crippen LogP contribution in [0.3, 0.4) is 0 Å². The number of hydrogen-bond donors (Lipinski definition) is 1. The molecule has 0 unspecified atom stereocenters. The summed E-state index contributed by atoms with van der Waals surface area (Å²) in [6, 6.07) is 5.52. The molecule has 2 aromatic rings. The summed E-state index contributed by atoms with van der Waals surface area (Å²) in [5, 5.41) is -0.415. The third-order valence-electron chi connectivity index (χ3n) is 2.40. The highest BCUT2D eigenvalue weighted by molar-refractivity contribution is 7.92. The lowest BCUT2D eigenvalue weighted by Crippen LogP contribution is -2.15. The number of nitrogens with one attached hydrogen (secondary N) is 1. The van der Waals surface area contributed by atoms with Crippen molar-refractivity contribution >= 4 is 27.3 Å². The average Bonchev–Trinajstić information content (AvgIpc) is 2.37. The fourth-order valence-electron chi connectivity index (χ4n) is 1.43. The number of hydrogen-bond acceptors (Lipinski definition) is 2. The molecule has 0 fully saturated rings. The molecule has 0 radical (unpaired) electrons.